The van der Waals surface area contributed by atoms with E-state index in [1.165, 1.54) is 0 Å². The Morgan fingerprint density at radius 2 is 2.00 bits per heavy atom. The second kappa shape index (κ2) is 6.78. The van der Waals surface area contributed by atoms with Crippen LogP contribution in [0.15, 0.2) is 48.7 Å². The first-order chi connectivity index (χ1) is 10.1. The number of thiocarbonyl (C=S) groups is 1. The van der Waals surface area contributed by atoms with E-state index in [1.807, 2.05) is 0 Å². The Labute approximate surface area is 127 Å². The van der Waals surface area contributed by atoms with E-state index in [9.17, 15) is 9.90 Å². The molecule has 0 atom stereocenters. The molecule has 0 bridgehead atoms. The maximum absolute atomic E-state index is 12.0. The standard InChI is InChI=1S/C14H14N4O2S/c15-18(9-10-5-1-2-6-11(10)19)14(21)13(20)17-12-7-3-4-8-16-12/h1-8,19H,9,15H2,(H,16,17,20). The summed E-state index contributed by atoms with van der Waals surface area (Å²) in [5, 5.41) is 13.3. The van der Waals surface area contributed by atoms with Crippen LogP contribution >= 0.6 is 12.2 Å². The molecule has 0 aliphatic rings. The number of amides is 1. The Balaban J connectivity index is 1.99. The number of aromatic nitrogens is 1. The quantitative estimate of drug-likeness (QED) is 0.451. The zero-order valence-electron chi connectivity index (χ0n) is 11.1. The molecule has 1 aromatic heterocycles. The lowest BCUT2D eigenvalue weighted by atomic mass is 10.2. The molecule has 2 rings (SSSR count). The molecular weight excluding hydrogens is 288 g/mol. The average Bonchev–Trinajstić information content (AvgIpc) is 2.49. The zero-order valence-corrected chi connectivity index (χ0v) is 11.9. The number of benzene rings is 1. The number of rotatable bonds is 3. The number of nitrogens with two attached hydrogens (primary N) is 1. The first kappa shape index (κ1) is 14.9. The van der Waals surface area contributed by atoms with Crippen LogP contribution in [0.4, 0.5) is 5.82 Å². The van der Waals surface area contributed by atoms with Crippen molar-refractivity contribution in [2.24, 2.45) is 5.84 Å². The molecule has 108 valence electrons. The molecule has 7 heteroatoms. The predicted octanol–water partition coefficient (Wildman–Crippen LogP) is 1.43. The van der Waals surface area contributed by atoms with E-state index >= 15 is 0 Å². The highest BCUT2D eigenvalue weighted by molar-refractivity contribution is 7.82. The van der Waals surface area contributed by atoms with Crippen molar-refractivity contribution in [3.05, 3.63) is 54.2 Å². The van der Waals surface area contributed by atoms with Crippen LogP contribution in [0, 0.1) is 0 Å². The first-order valence-corrected chi connectivity index (χ1v) is 6.54. The largest absolute Gasteiger partial charge is 0.508 e. The number of para-hydroxylation sites is 1. The van der Waals surface area contributed by atoms with Crippen molar-refractivity contribution in [1.82, 2.24) is 9.99 Å². The number of carbonyl (C=O) groups excluding carboxylic acids is 1. The molecule has 1 aromatic carbocycles. The molecule has 4 N–H and O–H groups in total. The van der Waals surface area contributed by atoms with Gasteiger partial charge in [0.25, 0.3) is 5.91 Å². The lowest BCUT2D eigenvalue weighted by Gasteiger charge is -2.19. The molecule has 0 aliphatic carbocycles. The minimum atomic E-state index is -0.526. The van der Waals surface area contributed by atoms with Crippen LogP contribution < -0.4 is 11.2 Å². The maximum atomic E-state index is 12.0. The van der Waals surface area contributed by atoms with Crippen molar-refractivity contribution in [2.45, 2.75) is 6.54 Å². The van der Waals surface area contributed by atoms with Gasteiger partial charge in [0.15, 0.2) is 4.99 Å². The van der Waals surface area contributed by atoms with Gasteiger partial charge in [-0.15, -0.1) is 0 Å². The van der Waals surface area contributed by atoms with E-state index in [4.69, 9.17) is 18.1 Å². The van der Waals surface area contributed by atoms with Crippen molar-refractivity contribution in [1.29, 1.82) is 0 Å². The van der Waals surface area contributed by atoms with Crippen molar-refractivity contribution in [3.8, 4) is 5.75 Å². The van der Waals surface area contributed by atoms with Gasteiger partial charge in [-0.1, -0.05) is 36.5 Å². The van der Waals surface area contributed by atoms with Crippen LogP contribution in [0.1, 0.15) is 5.56 Å². The van der Waals surface area contributed by atoms with Gasteiger partial charge < -0.3 is 10.4 Å². The minimum absolute atomic E-state index is 0.0936. The Morgan fingerprint density at radius 3 is 2.67 bits per heavy atom. The maximum Gasteiger partial charge on any atom is 0.285 e. The predicted molar refractivity (Wildman–Crippen MR) is 83.3 cm³/mol. The van der Waals surface area contributed by atoms with Crippen molar-refractivity contribution in [3.63, 3.8) is 0 Å². The van der Waals surface area contributed by atoms with Crippen LogP contribution in [0.2, 0.25) is 0 Å². The Bertz CT molecular complexity index is 648. The molecular formula is C14H14N4O2S. The lowest BCUT2D eigenvalue weighted by Crippen LogP contribution is -2.42. The number of hydrogen-bond donors (Lipinski definition) is 3. The van der Waals surface area contributed by atoms with Gasteiger partial charge >= 0.3 is 0 Å². The molecule has 0 radical (unpaired) electrons. The fraction of sp³-hybridized carbons (Fsp3) is 0.0714. The second-order valence-electron chi connectivity index (χ2n) is 4.23. The van der Waals surface area contributed by atoms with E-state index in [0.717, 1.165) is 5.01 Å². The van der Waals surface area contributed by atoms with Crippen LogP contribution in [-0.4, -0.2) is 26.0 Å². The molecule has 6 nitrogen and oxygen atoms in total. The summed E-state index contributed by atoms with van der Waals surface area (Å²) < 4.78 is 0. The Hall–Kier alpha value is -2.51. The summed E-state index contributed by atoms with van der Waals surface area (Å²) in [4.78, 5) is 15.8. The number of hydrogen-bond acceptors (Lipinski definition) is 5. The van der Waals surface area contributed by atoms with Crippen LogP contribution in [-0.2, 0) is 11.3 Å². The fourth-order valence-corrected chi connectivity index (χ4v) is 1.75. The lowest BCUT2D eigenvalue weighted by molar-refractivity contribution is -0.110. The molecule has 0 spiro atoms. The Kier molecular flexibility index (Phi) is 4.81. The number of carbonyl (C=O) groups is 1. The monoisotopic (exact) mass is 302 g/mol. The van der Waals surface area contributed by atoms with E-state index in [-0.39, 0.29) is 17.3 Å². The van der Waals surface area contributed by atoms with Crippen molar-refractivity contribution in [2.75, 3.05) is 5.32 Å². The number of phenolic OH excluding ortho intramolecular Hbond substituents is 1. The van der Waals surface area contributed by atoms with Gasteiger partial charge in [-0.05, 0) is 18.2 Å². The topological polar surface area (TPSA) is 91.5 Å². The van der Waals surface area contributed by atoms with Gasteiger partial charge in [-0.2, -0.15) is 0 Å². The number of nitrogens with one attached hydrogen (secondary N) is 1. The van der Waals surface area contributed by atoms with Gasteiger partial charge in [0.1, 0.15) is 11.6 Å². The van der Waals surface area contributed by atoms with E-state index in [0.29, 0.717) is 11.4 Å². The van der Waals surface area contributed by atoms with Gasteiger partial charge in [0.05, 0.1) is 6.54 Å². The van der Waals surface area contributed by atoms with E-state index in [2.05, 4.69) is 10.3 Å². The number of hydrazine groups is 1. The van der Waals surface area contributed by atoms with Crippen LogP contribution in [0.5, 0.6) is 5.75 Å². The number of aromatic hydroxyl groups is 1. The fourth-order valence-electron chi connectivity index (χ4n) is 1.64. The summed E-state index contributed by atoms with van der Waals surface area (Å²) in [6.07, 6.45) is 1.56. The molecule has 1 amide bonds. The molecule has 0 unspecified atom stereocenters. The normalized spacial score (nSPS) is 9.95. The molecule has 0 aliphatic heterocycles. The third-order valence-electron chi connectivity index (χ3n) is 2.69. The number of anilines is 1. The van der Waals surface area contributed by atoms with Crippen molar-refractivity contribution >= 4 is 28.9 Å². The summed E-state index contributed by atoms with van der Waals surface area (Å²) >= 11 is 5.02. The van der Waals surface area contributed by atoms with E-state index in [1.54, 1.807) is 48.7 Å². The van der Waals surface area contributed by atoms with Gasteiger partial charge in [-0.3, -0.25) is 9.80 Å². The van der Waals surface area contributed by atoms with Gasteiger partial charge in [0.2, 0.25) is 0 Å². The number of pyridine rings is 1. The summed E-state index contributed by atoms with van der Waals surface area (Å²) in [6, 6.07) is 11.8. The number of phenols is 1. The Morgan fingerprint density at radius 1 is 1.29 bits per heavy atom. The third-order valence-corrected chi connectivity index (χ3v) is 3.11. The molecule has 21 heavy (non-hydrogen) atoms. The number of nitrogens with zero attached hydrogens (tertiary/aromatic N) is 2. The van der Waals surface area contributed by atoms with Gasteiger partial charge in [-0.25, -0.2) is 10.8 Å². The summed E-state index contributed by atoms with van der Waals surface area (Å²) in [5.74, 6) is 5.73. The summed E-state index contributed by atoms with van der Waals surface area (Å²) in [6.45, 7) is 0.126. The molecule has 0 fully saturated rings. The SMILES string of the molecule is NN(Cc1ccccc1O)C(=S)C(=O)Nc1ccccn1. The first-order valence-electron chi connectivity index (χ1n) is 6.13. The highest BCUT2D eigenvalue weighted by Crippen LogP contribution is 2.16. The molecule has 0 saturated carbocycles. The van der Waals surface area contributed by atoms with Crippen LogP contribution in [0.25, 0.3) is 0 Å². The van der Waals surface area contributed by atoms with Crippen molar-refractivity contribution < 1.29 is 9.90 Å². The average molecular weight is 302 g/mol. The second-order valence-corrected chi connectivity index (χ2v) is 4.62. The third kappa shape index (κ3) is 3.98. The van der Waals surface area contributed by atoms with Crippen LogP contribution in [0.3, 0.4) is 0 Å². The summed E-state index contributed by atoms with van der Waals surface area (Å²) in [7, 11) is 0. The molecule has 1 heterocycles. The molecule has 2 aromatic rings. The molecule has 0 saturated heterocycles. The van der Waals surface area contributed by atoms with Gasteiger partial charge in [0, 0.05) is 11.8 Å². The highest BCUT2D eigenvalue weighted by Gasteiger charge is 2.16. The smallest absolute Gasteiger partial charge is 0.285 e. The minimum Gasteiger partial charge on any atom is -0.508 e. The van der Waals surface area contributed by atoms with E-state index < -0.39 is 5.91 Å². The highest BCUT2D eigenvalue weighted by atomic mass is 32.1. The zero-order chi connectivity index (χ0) is 15.2. The summed E-state index contributed by atoms with van der Waals surface area (Å²) in [5.41, 5.74) is 0.577.